The van der Waals surface area contributed by atoms with E-state index in [9.17, 15) is 5.26 Å². The lowest BCUT2D eigenvalue weighted by Gasteiger charge is -2.34. The van der Waals surface area contributed by atoms with Gasteiger partial charge in [-0.15, -0.1) is 0 Å². The molecule has 0 unspecified atom stereocenters. The fraction of sp³-hybridized carbons (Fsp3) is 0.824. The van der Waals surface area contributed by atoms with Gasteiger partial charge in [0.2, 0.25) is 0 Å². The summed E-state index contributed by atoms with van der Waals surface area (Å²) in [5, 5.41) is 14.0. The predicted octanol–water partition coefficient (Wildman–Crippen LogP) is 3.98. The number of rotatable bonds is 6. The highest BCUT2D eigenvalue weighted by atomic mass is 15.3. The van der Waals surface area contributed by atoms with E-state index in [2.05, 4.69) is 36.9 Å². The van der Waals surface area contributed by atoms with Gasteiger partial charge in [-0.05, 0) is 37.5 Å². The van der Waals surface area contributed by atoms with Crippen LogP contribution in [0.4, 0.5) is 0 Å². The molecule has 0 aromatic carbocycles. The molecule has 1 aromatic heterocycles. The zero-order valence-corrected chi connectivity index (χ0v) is 13.7. The maximum atomic E-state index is 9.72. The Bertz CT molecular complexity index is 475. The molecule has 1 fully saturated rings. The van der Waals surface area contributed by atoms with Gasteiger partial charge in [-0.2, -0.15) is 10.4 Å². The molecular weight excluding hydrogens is 260 g/mol. The number of nitrogens with zero attached hydrogens (tertiary/aromatic N) is 4. The lowest BCUT2D eigenvalue weighted by atomic mass is 9.68. The molecule has 1 aliphatic rings. The second-order valence-corrected chi connectivity index (χ2v) is 7.05. The van der Waals surface area contributed by atoms with E-state index in [1.807, 2.05) is 4.68 Å². The molecule has 1 aliphatic carbocycles. The van der Waals surface area contributed by atoms with Crippen LogP contribution in [0.15, 0.2) is 6.33 Å². The summed E-state index contributed by atoms with van der Waals surface area (Å²) >= 11 is 0. The van der Waals surface area contributed by atoms with Crippen LogP contribution >= 0.6 is 0 Å². The van der Waals surface area contributed by atoms with Gasteiger partial charge >= 0.3 is 0 Å². The minimum Gasteiger partial charge on any atom is -0.250 e. The summed E-state index contributed by atoms with van der Waals surface area (Å²) in [6.45, 7) is 7.50. The first kappa shape index (κ1) is 16.0. The van der Waals surface area contributed by atoms with Crippen molar-refractivity contribution in [1.29, 1.82) is 5.26 Å². The summed E-state index contributed by atoms with van der Waals surface area (Å²) in [5.41, 5.74) is -0.216. The number of nitriles is 1. The normalized spacial score (nSPS) is 26.0. The Morgan fingerprint density at radius 1 is 1.43 bits per heavy atom. The van der Waals surface area contributed by atoms with Crippen molar-refractivity contribution >= 4 is 0 Å². The summed E-state index contributed by atoms with van der Waals surface area (Å²) in [4.78, 5) is 4.41. The van der Waals surface area contributed by atoms with Crippen LogP contribution in [-0.2, 0) is 13.0 Å². The van der Waals surface area contributed by atoms with Crippen molar-refractivity contribution in [3.8, 4) is 6.07 Å². The highest BCUT2D eigenvalue weighted by molar-refractivity contribution is 5.07. The summed E-state index contributed by atoms with van der Waals surface area (Å²) in [7, 11) is 0. The predicted molar refractivity (Wildman–Crippen MR) is 83.5 cm³/mol. The van der Waals surface area contributed by atoms with E-state index in [1.165, 1.54) is 25.7 Å². The van der Waals surface area contributed by atoms with Gasteiger partial charge in [0, 0.05) is 13.0 Å². The number of hydrogen-bond acceptors (Lipinski definition) is 3. The lowest BCUT2D eigenvalue weighted by Crippen LogP contribution is -2.30. The first-order chi connectivity index (χ1) is 10.1. The topological polar surface area (TPSA) is 54.5 Å². The van der Waals surface area contributed by atoms with Gasteiger partial charge in [0.15, 0.2) is 0 Å². The van der Waals surface area contributed by atoms with Crippen LogP contribution in [-0.4, -0.2) is 14.8 Å². The Balaban J connectivity index is 2.03. The van der Waals surface area contributed by atoms with Crippen LogP contribution < -0.4 is 0 Å². The highest BCUT2D eigenvalue weighted by Gasteiger charge is 2.36. The summed E-state index contributed by atoms with van der Waals surface area (Å²) in [5.74, 6) is 2.35. The molecule has 1 saturated carbocycles. The van der Waals surface area contributed by atoms with Gasteiger partial charge in [-0.3, -0.25) is 0 Å². The van der Waals surface area contributed by atoms with Crippen molar-refractivity contribution in [1.82, 2.24) is 14.8 Å². The summed E-state index contributed by atoms with van der Waals surface area (Å²) < 4.78 is 1.99. The standard InChI is InChI=1S/C17H28N4/c1-4-5-15-6-8-17(12-18,9-7-15)10-16-19-13-20-21(16)11-14(2)3/h13-15H,4-11H2,1-3H3. The fourth-order valence-electron chi connectivity index (χ4n) is 3.48. The smallest absolute Gasteiger partial charge is 0.138 e. The molecule has 0 amide bonds. The van der Waals surface area contributed by atoms with E-state index in [1.54, 1.807) is 6.33 Å². The second-order valence-electron chi connectivity index (χ2n) is 7.05. The van der Waals surface area contributed by atoms with Gasteiger partial charge in [0.05, 0.1) is 11.5 Å². The quantitative estimate of drug-likeness (QED) is 0.795. The zero-order chi connectivity index (χ0) is 15.3. The molecule has 4 nitrogen and oxygen atoms in total. The second kappa shape index (κ2) is 7.06. The van der Waals surface area contributed by atoms with Crippen molar-refractivity contribution in [2.24, 2.45) is 17.3 Å². The van der Waals surface area contributed by atoms with E-state index in [0.29, 0.717) is 5.92 Å². The van der Waals surface area contributed by atoms with Crippen LogP contribution in [0, 0.1) is 28.6 Å². The molecule has 0 bridgehead atoms. The number of hydrogen-bond donors (Lipinski definition) is 0. The molecule has 1 heterocycles. The molecule has 21 heavy (non-hydrogen) atoms. The molecule has 0 aliphatic heterocycles. The van der Waals surface area contributed by atoms with Gasteiger partial charge in [-0.25, -0.2) is 9.67 Å². The SMILES string of the molecule is CCCC1CCC(C#N)(Cc2ncnn2CC(C)C)CC1. The fourth-order valence-corrected chi connectivity index (χ4v) is 3.48. The van der Waals surface area contributed by atoms with Gasteiger partial charge in [0.1, 0.15) is 12.2 Å². The molecular formula is C17H28N4. The van der Waals surface area contributed by atoms with E-state index < -0.39 is 0 Å². The molecule has 116 valence electrons. The van der Waals surface area contributed by atoms with Gasteiger partial charge in [0.25, 0.3) is 0 Å². The minimum atomic E-state index is -0.216. The monoisotopic (exact) mass is 288 g/mol. The third kappa shape index (κ3) is 4.06. The van der Waals surface area contributed by atoms with E-state index in [0.717, 1.165) is 37.5 Å². The van der Waals surface area contributed by atoms with Crippen LogP contribution in [0.1, 0.15) is 65.1 Å². The van der Waals surface area contributed by atoms with Crippen molar-refractivity contribution < 1.29 is 0 Å². The largest absolute Gasteiger partial charge is 0.250 e. The molecule has 0 atom stereocenters. The van der Waals surface area contributed by atoms with E-state index in [4.69, 9.17) is 0 Å². The first-order valence-corrected chi connectivity index (χ1v) is 8.36. The Morgan fingerprint density at radius 3 is 2.71 bits per heavy atom. The van der Waals surface area contributed by atoms with Gasteiger partial charge in [-0.1, -0.05) is 33.6 Å². The maximum Gasteiger partial charge on any atom is 0.138 e. The van der Waals surface area contributed by atoms with Crippen molar-refractivity contribution in [3.05, 3.63) is 12.2 Å². The van der Waals surface area contributed by atoms with Gasteiger partial charge < -0.3 is 0 Å². The zero-order valence-electron chi connectivity index (χ0n) is 13.7. The van der Waals surface area contributed by atoms with Crippen molar-refractivity contribution in [3.63, 3.8) is 0 Å². The molecule has 0 N–H and O–H groups in total. The highest BCUT2D eigenvalue weighted by Crippen LogP contribution is 2.42. The summed E-state index contributed by atoms with van der Waals surface area (Å²) in [6, 6.07) is 2.62. The Kier molecular flexibility index (Phi) is 5.39. The molecule has 0 saturated heterocycles. The van der Waals surface area contributed by atoms with E-state index in [-0.39, 0.29) is 5.41 Å². The number of aromatic nitrogens is 3. The molecule has 0 radical (unpaired) electrons. The van der Waals surface area contributed by atoms with Crippen LogP contribution in [0.25, 0.3) is 0 Å². The third-order valence-corrected chi connectivity index (χ3v) is 4.73. The maximum absolute atomic E-state index is 9.72. The van der Waals surface area contributed by atoms with Crippen molar-refractivity contribution in [2.45, 2.75) is 72.3 Å². The Hall–Kier alpha value is -1.37. The van der Waals surface area contributed by atoms with Crippen LogP contribution in [0.2, 0.25) is 0 Å². The average Bonchev–Trinajstić information content (AvgIpc) is 2.88. The van der Waals surface area contributed by atoms with E-state index >= 15 is 0 Å². The average molecular weight is 288 g/mol. The van der Waals surface area contributed by atoms with Crippen LogP contribution in [0.3, 0.4) is 0 Å². The Morgan fingerprint density at radius 2 is 2.14 bits per heavy atom. The molecule has 0 spiro atoms. The Labute approximate surface area is 128 Å². The minimum absolute atomic E-state index is 0.216. The molecule has 4 heteroatoms. The summed E-state index contributed by atoms with van der Waals surface area (Å²) in [6.07, 6.45) is 9.38. The first-order valence-electron chi connectivity index (χ1n) is 8.36. The molecule has 2 rings (SSSR count). The van der Waals surface area contributed by atoms with Crippen LogP contribution in [0.5, 0.6) is 0 Å². The molecule has 1 aromatic rings. The van der Waals surface area contributed by atoms with Crippen molar-refractivity contribution in [2.75, 3.05) is 0 Å². The third-order valence-electron chi connectivity index (χ3n) is 4.73. The lowest BCUT2D eigenvalue weighted by molar-refractivity contribution is 0.195.